The van der Waals surface area contributed by atoms with E-state index in [1.165, 1.54) is 14.2 Å². The molecule has 1 aliphatic carbocycles. The smallest absolute Gasteiger partial charge is 0.321 e. The number of ether oxygens (including phenoxy) is 2. The van der Waals surface area contributed by atoms with E-state index in [-0.39, 0.29) is 11.9 Å². The second-order valence-electron chi connectivity index (χ2n) is 3.48. The van der Waals surface area contributed by atoms with E-state index in [9.17, 15) is 9.59 Å². The standard InChI is InChI=1S/C10H12N2O4/c1-15-7-3-5-6(4-8(7)16-2)11-10(14)12-9(5)13/h3-6H,1-2H3,(H2,11,12,13,14)/t5-,6+/m0/s1. The maximum atomic E-state index is 11.6. The van der Waals surface area contributed by atoms with Crippen LogP contribution >= 0.6 is 0 Å². The third-order valence-electron chi connectivity index (χ3n) is 2.57. The highest BCUT2D eigenvalue weighted by Crippen LogP contribution is 2.25. The minimum atomic E-state index is -0.493. The molecule has 0 aromatic carbocycles. The van der Waals surface area contributed by atoms with E-state index in [2.05, 4.69) is 10.6 Å². The molecule has 2 aliphatic rings. The minimum absolute atomic E-state index is 0.338. The quantitative estimate of drug-likeness (QED) is 0.685. The second-order valence-corrected chi connectivity index (χ2v) is 3.48. The summed E-state index contributed by atoms with van der Waals surface area (Å²) in [5.74, 6) is 0.218. The van der Waals surface area contributed by atoms with Gasteiger partial charge < -0.3 is 14.8 Å². The zero-order valence-electron chi connectivity index (χ0n) is 8.94. The van der Waals surface area contributed by atoms with Crippen molar-refractivity contribution in [3.05, 3.63) is 23.7 Å². The number of carbonyl (C=O) groups is 2. The third-order valence-corrected chi connectivity index (χ3v) is 2.57. The monoisotopic (exact) mass is 224 g/mol. The molecule has 2 N–H and O–H groups in total. The molecular weight excluding hydrogens is 212 g/mol. The van der Waals surface area contributed by atoms with Gasteiger partial charge in [-0.3, -0.25) is 10.1 Å². The minimum Gasteiger partial charge on any atom is -0.493 e. The van der Waals surface area contributed by atoms with Gasteiger partial charge in [0.15, 0.2) is 11.5 Å². The average molecular weight is 224 g/mol. The summed E-state index contributed by atoms with van der Waals surface area (Å²) in [4.78, 5) is 22.7. The molecule has 6 heteroatoms. The van der Waals surface area contributed by atoms with Crippen molar-refractivity contribution >= 4 is 11.9 Å². The molecule has 0 saturated carbocycles. The lowest BCUT2D eigenvalue weighted by molar-refractivity contribution is -0.123. The third kappa shape index (κ3) is 1.62. The van der Waals surface area contributed by atoms with Gasteiger partial charge in [-0.15, -0.1) is 0 Å². The number of hydrogen-bond donors (Lipinski definition) is 2. The number of amides is 3. The highest BCUT2D eigenvalue weighted by Gasteiger charge is 2.36. The Balaban J connectivity index is 2.31. The van der Waals surface area contributed by atoms with Crippen LogP contribution in [0.4, 0.5) is 4.79 Å². The maximum Gasteiger partial charge on any atom is 0.321 e. The summed E-state index contributed by atoms with van der Waals surface area (Å²) in [7, 11) is 3.00. The van der Waals surface area contributed by atoms with E-state index < -0.39 is 11.9 Å². The number of carbonyl (C=O) groups excluding carboxylic acids is 2. The van der Waals surface area contributed by atoms with E-state index in [0.29, 0.717) is 11.5 Å². The first-order valence-electron chi connectivity index (χ1n) is 4.79. The van der Waals surface area contributed by atoms with E-state index in [4.69, 9.17) is 9.47 Å². The molecule has 3 amide bonds. The molecule has 1 saturated heterocycles. The molecule has 0 aromatic heterocycles. The Morgan fingerprint density at radius 1 is 1.12 bits per heavy atom. The van der Waals surface area contributed by atoms with Crippen molar-refractivity contribution in [2.75, 3.05) is 14.2 Å². The predicted octanol–water partition coefficient (Wildman–Crippen LogP) is -0.115. The lowest BCUT2D eigenvalue weighted by Crippen LogP contribution is -2.57. The van der Waals surface area contributed by atoms with Crippen LogP contribution in [-0.2, 0) is 14.3 Å². The zero-order chi connectivity index (χ0) is 11.7. The van der Waals surface area contributed by atoms with Crippen LogP contribution in [0.5, 0.6) is 0 Å². The molecule has 0 spiro atoms. The van der Waals surface area contributed by atoms with E-state index in [1.807, 2.05) is 0 Å². The number of nitrogens with one attached hydrogen (secondary N) is 2. The fourth-order valence-electron chi connectivity index (χ4n) is 1.79. The van der Waals surface area contributed by atoms with Gasteiger partial charge in [0.25, 0.3) is 0 Å². The number of fused-ring (bicyclic) bond motifs is 1. The number of rotatable bonds is 2. The van der Waals surface area contributed by atoms with Gasteiger partial charge in [-0.25, -0.2) is 4.79 Å². The van der Waals surface area contributed by atoms with Crippen molar-refractivity contribution in [2.45, 2.75) is 6.04 Å². The summed E-state index contributed by atoms with van der Waals surface area (Å²) in [6.45, 7) is 0. The molecule has 1 aliphatic heterocycles. The summed E-state index contributed by atoms with van der Waals surface area (Å²) in [5.41, 5.74) is 0. The first-order chi connectivity index (χ1) is 7.65. The normalized spacial score (nSPS) is 28.1. The molecule has 86 valence electrons. The highest BCUT2D eigenvalue weighted by molar-refractivity contribution is 6.00. The van der Waals surface area contributed by atoms with Crippen molar-refractivity contribution in [2.24, 2.45) is 5.92 Å². The Hall–Kier alpha value is -1.98. The first-order valence-corrected chi connectivity index (χ1v) is 4.79. The fraction of sp³-hybridized carbons (Fsp3) is 0.400. The van der Waals surface area contributed by atoms with Crippen molar-refractivity contribution in [1.82, 2.24) is 10.6 Å². The summed E-state index contributed by atoms with van der Waals surface area (Å²) in [6, 6.07) is -0.873. The Labute approximate surface area is 92.3 Å². The van der Waals surface area contributed by atoms with Gasteiger partial charge in [0, 0.05) is 0 Å². The molecule has 6 nitrogen and oxygen atoms in total. The molecule has 2 atom stereocenters. The Morgan fingerprint density at radius 2 is 1.75 bits per heavy atom. The number of imide groups is 1. The molecular formula is C10H12N2O4. The Kier molecular flexibility index (Phi) is 2.55. The van der Waals surface area contributed by atoms with Crippen molar-refractivity contribution in [1.29, 1.82) is 0 Å². The van der Waals surface area contributed by atoms with Crippen LogP contribution in [0.15, 0.2) is 23.7 Å². The molecule has 0 bridgehead atoms. The highest BCUT2D eigenvalue weighted by atomic mass is 16.5. The van der Waals surface area contributed by atoms with Gasteiger partial charge in [0.1, 0.15) is 0 Å². The van der Waals surface area contributed by atoms with Crippen molar-refractivity contribution < 1.29 is 19.1 Å². The van der Waals surface area contributed by atoms with Crippen LogP contribution in [-0.4, -0.2) is 32.2 Å². The average Bonchev–Trinajstić information content (AvgIpc) is 2.27. The number of hydrogen-bond acceptors (Lipinski definition) is 4. The summed E-state index contributed by atoms with van der Waals surface area (Å²) >= 11 is 0. The molecule has 0 unspecified atom stereocenters. The lowest BCUT2D eigenvalue weighted by atomic mass is 9.91. The number of urea groups is 1. The summed E-state index contributed by atoms with van der Waals surface area (Å²) in [5, 5.41) is 4.83. The van der Waals surface area contributed by atoms with Crippen LogP contribution in [0.2, 0.25) is 0 Å². The van der Waals surface area contributed by atoms with Gasteiger partial charge in [0.05, 0.1) is 26.2 Å². The van der Waals surface area contributed by atoms with Gasteiger partial charge >= 0.3 is 6.03 Å². The van der Waals surface area contributed by atoms with Gasteiger partial charge in [-0.1, -0.05) is 0 Å². The van der Waals surface area contributed by atoms with Crippen molar-refractivity contribution in [3.8, 4) is 0 Å². The van der Waals surface area contributed by atoms with Crippen LogP contribution < -0.4 is 10.6 Å². The maximum absolute atomic E-state index is 11.6. The molecule has 16 heavy (non-hydrogen) atoms. The topological polar surface area (TPSA) is 76.7 Å². The van der Waals surface area contributed by atoms with Crippen LogP contribution in [0.3, 0.4) is 0 Å². The van der Waals surface area contributed by atoms with Crippen LogP contribution in [0, 0.1) is 5.92 Å². The molecule has 1 heterocycles. The first kappa shape index (κ1) is 10.5. The molecule has 0 radical (unpaired) electrons. The fourth-order valence-corrected chi connectivity index (χ4v) is 1.79. The Morgan fingerprint density at radius 3 is 2.38 bits per heavy atom. The van der Waals surface area contributed by atoms with Crippen LogP contribution in [0.1, 0.15) is 0 Å². The zero-order valence-corrected chi connectivity index (χ0v) is 8.94. The molecule has 1 fully saturated rings. The SMILES string of the molecule is COC1=C[C@@H]2C(=O)NC(=O)N[C@@H]2C=C1OC. The number of methoxy groups -OCH3 is 2. The summed E-state index contributed by atoms with van der Waals surface area (Å²) in [6.07, 6.45) is 3.30. The molecule has 0 aromatic rings. The van der Waals surface area contributed by atoms with E-state index in [0.717, 1.165) is 0 Å². The molecule has 2 rings (SSSR count). The van der Waals surface area contributed by atoms with Gasteiger partial charge in [0.2, 0.25) is 5.91 Å². The lowest BCUT2D eigenvalue weighted by Gasteiger charge is -2.31. The second kappa shape index (κ2) is 3.88. The van der Waals surface area contributed by atoms with Gasteiger partial charge in [-0.2, -0.15) is 0 Å². The van der Waals surface area contributed by atoms with Gasteiger partial charge in [-0.05, 0) is 12.2 Å². The largest absolute Gasteiger partial charge is 0.493 e. The predicted molar refractivity (Wildman–Crippen MR) is 54.1 cm³/mol. The van der Waals surface area contributed by atoms with E-state index in [1.54, 1.807) is 12.2 Å². The van der Waals surface area contributed by atoms with Crippen LogP contribution in [0.25, 0.3) is 0 Å². The summed E-state index contributed by atoms with van der Waals surface area (Å²) < 4.78 is 10.2. The Bertz CT molecular complexity index is 400. The van der Waals surface area contributed by atoms with E-state index >= 15 is 0 Å². The van der Waals surface area contributed by atoms with Crippen molar-refractivity contribution in [3.63, 3.8) is 0 Å².